The van der Waals surface area contributed by atoms with E-state index in [1.54, 1.807) is 0 Å². The molecule has 0 heterocycles. The molecule has 0 atom stereocenters. The van der Waals surface area contributed by atoms with Crippen molar-refractivity contribution in [3.8, 4) is 0 Å². The third-order valence-corrected chi connectivity index (χ3v) is 3.29. The number of likely N-dealkylation sites (N-methyl/N-ethyl adjacent to an activating group) is 2. The lowest BCUT2D eigenvalue weighted by molar-refractivity contribution is -0.119. The molecule has 118 valence electrons. The molecular formula is C17H29N3O. The number of rotatable bonds is 9. The van der Waals surface area contributed by atoms with E-state index in [-0.39, 0.29) is 5.91 Å². The van der Waals surface area contributed by atoms with Gasteiger partial charge in [-0.15, -0.1) is 0 Å². The summed E-state index contributed by atoms with van der Waals surface area (Å²) < 4.78 is 0. The van der Waals surface area contributed by atoms with Gasteiger partial charge in [0.2, 0.25) is 5.91 Å². The Morgan fingerprint density at radius 1 is 1.24 bits per heavy atom. The quantitative estimate of drug-likeness (QED) is 0.734. The second-order valence-corrected chi connectivity index (χ2v) is 5.62. The third kappa shape index (κ3) is 6.17. The standard InChI is InChI=1S/C17H29N3O/c1-5-19-17(21)13-20(6-2)16-10-8-7-9-15(16)12-18-11-14(3)4/h7-10,14,18H,5-6,11-13H2,1-4H3,(H,19,21). The zero-order valence-corrected chi connectivity index (χ0v) is 13.8. The van der Waals surface area contributed by atoms with Gasteiger partial charge in [-0.3, -0.25) is 4.79 Å². The van der Waals surface area contributed by atoms with Crippen LogP contribution in [0, 0.1) is 5.92 Å². The highest BCUT2D eigenvalue weighted by molar-refractivity contribution is 5.81. The molecule has 0 unspecified atom stereocenters. The molecule has 0 saturated carbocycles. The fourth-order valence-electron chi connectivity index (χ4n) is 2.26. The summed E-state index contributed by atoms with van der Waals surface area (Å²) in [4.78, 5) is 14.0. The number of amides is 1. The molecule has 21 heavy (non-hydrogen) atoms. The minimum Gasteiger partial charge on any atom is -0.362 e. The molecule has 0 radical (unpaired) electrons. The van der Waals surface area contributed by atoms with Gasteiger partial charge in [0, 0.05) is 25.3 Å². The highest BCUT2D eigenvalue weighted by atomic mass is 16.2. The molecule has 0 saturated heterocycles. The molecule has 0 aliphatic carbocycles. The predicted octanol–water partition coefficient (Wildman–Crippen LogP) is 2.39. The van der Waals surface area contributed by atoms with Crippen LogP contribution in [-0.2, 0) is 11.3 Å². The van der Waals surface area contributed by atoms with Crippen molar-refractivity contribution in [1.29, 1.82) is 0 Å². The van der Waals surface area contributed by atoms with Crippen molar-refractivity contribution in [2.45, 2.75) is 34.2 Å². The molecule has 1 aromatic rings. The maximum atomic E-state index is 11.8. The first kappa shape index (κ1) is 17.5. The van der Waals surface area contributed by atoms with Crippen molar-refractivity contribution >= 4 is 11.6 Å². The fraction of sp³-hybridized carbons (Fsp3) is 0.588. The zero-order chi connectivity index (χ0) is 15.7. The van der Waals surface area contributed by atoms with Crippen molar-refractivity contribution in [3.63, 3.8) is 0 Å². The second kappa shape index (κ2) is 9.40. The van der Waals surface area contributed by atoms with E-state index in [2.05, 4.69) is 54.5 Å². The second-order valence-electron chi connectivity index (χ2n) is 5.62. The van der Waals surface area contributed by atoms with Gasteiger partial charge in [-0.25, -0.2) is 0 Å². The Kier molecular flexibility index (Phi) is 7.83. The first-order chi connectivity index (χ1) is 10.1. The Morgan fingerprint density at radius 3 is 2.57 bits per heavy atom. The van der Waals surface area contributed by atoms with Crippen LogP contribution in [-0.4, -0.2) is 32.1 Å². The largest absolute Gasteiger partial charge is 0.362 e. The van der Waals surface area contributed by atoms with E-state index in [4.69, 9.17) is 0 Å². The van der Waals surface area contributed by atoms with Crippen LogP contribution in [0.25, 0.3) is 0 Å². The van der Waals surface area contributed by atoms with E-state index >= 15 is 0 Å². The molecule has 1 amide bonds. The van der Waals surface area contributed by atoms with Crippen molar-refractivity contribution in [3.05, 3.63) is 29.8 Å². The van der Waals surface area contributed by atoms with E-state index in [1.807, 2.05) is 13.0 Å². The molecule has 0 aromatic heterocycles. The molecule has 4 nitrogen and oxygen atoms in total. The van der Waals surface area contributed by atoms with Crippen LogP contribution >= 0.6 is 0 Å². The van der Waals surface area contributed by atoms with Gasteiger partial charge in [0.1, 0.15) is 0 Å². The summed E-state index contributed by atoms with van der Waals surface area (Å²) in [5.74, 6) is 0.707. The molecule has 2 N–H and O–H groups in total. The summed E-state index contributed by atoms with van der Waals surface area (Å²) in [5, 5.41) is 6.33. The van der Waals surface area contributed by atoms with Gasteiger partial charge in [0.25, 0.3) is 0 Å². The average Bonchev–Trinajstić information content (AvgIpc) is 2.45. The first-order valence-electron chi connectivity index (χ1n) is 7.88. The lowest BCUT2D eigenvalue weighted by Gasteiger charge is -2.25. The summed E-state index contributed by atoms with van der Waals surface area (Å²) in [6.45, 7) is 12.2. The van der Waals surface area contributed by atoms with Gasteiger partial charge in [-0.1, -0.05) is 32.0 Å². The van der Waals surface area contributed by atoms with Crippen LogP contribution in [0.5, 0.6) is 0 Å². The van der Waals surface area contributed by atoms with Crippen molar-refractivity contribution in [2.75, 3.05) is 31.1 Å². The zero-order valence-electron chi connectivity index (χ0n) is 13.8. The minimum atomic E-state index is 0.0734. The lowest BCUT2D eigenvalue weighted by atomic mass is 10.1. The minimum absolute atomic E-state index is 0.0734. The monoisotopic (exact) mass is 291 g/mol. The number of hydrogen-bond acceptors (Lipinski definition) is 3. The van der Waals surface area contributed by atoms with E-state index in [0.717, 1.165) is 25.3 Å². The Balaban J connectivity index is 2.76. The smallest absolute Gasteiger partial charge is 0.239 e. The summed E-state index contributed by atoms with van der Waals surface area (Å²) in [7, 11) is 0. The van der Waals surface area contributed by atoms with Crippen LogP contribution < -0.4 is 15.5 Å². The number of benzene rings is 1. The van der Waals surface area contributed by atoms with Crippen molar-refractivity contribution in [2.24, 2.45) is 5.92 Å². The number of hydrogen-bond donors (Lipinski definition) is 2. The lowest BCUT2D eigenvalue weighted by Crippen LogP contribution is -2.37. The van der Waals surface area contributed by atoms with E-state index < -0.39 is 0 Å². The van der Waals surface area contributed by atoms with Crippen LogP contribution in [0.2, 0.25) is 0 Å². The maximum Gasteiger partial charge on any atom is 0.239 e. The summed E-state index contributed by atoms with van der Waals surface area (Å²) >= 11 is 0. The summed E-state index contributed by atoms with van der Waals surface area (Å²) in [5.41, 5.74) is 2.38. The maximum absolute atomic E-state index is 11.8. The van der Waals surface area contributed by atoms with Crippen molar-refractivity contribution < 1.29 is 4.79 Å². The molecule has 1 rings (SSSR count). The summed E-state index contributed by atoms with van der Waals surface area (Å²) in [6.07, 6.45) is 0. The Morgan fingerprint density at radius 2 is 1.95 bits per heavy atom. The number of anilines is 1. The number of carbonyl (C=O) groups excluding carboxylic acids is 1. The highest BCUT2D eigenvalue weighted by Crippen LogP contribution is 2.20. The van der Waals surface area contributed by atoms with Crippen LogP contribution in [0.15, 0.2) is 24.3 Å². The third-order valence-electron chi connectivity index (χ3n) is 3.29. The summed E-state index contributed by atoms with van der Waals surface area (Å²) in [6, 6.07) is 8.30. The van der Waals surface area contributed by atoms with Crippen LogP contribution in [0.3, 0.4) is 0 Å². The molecule has 0 fully saturated rings. The van der Waals surface area contributed by atoms with Crippen LogP contribution in [0.1, 0.15) is 33.3 Å². The topological polar surface area (TPSA) is 44.4 Å². The van der Waals surface area contributed by atoms with Crippen LogP contribution in [0.4, 0.5) is 5.69 Å². The molecule has 0 bridgehead atoms. The van der Waals surface area contributed by atoms with Gasteiger partial charge in [0.15, 0.2) is 0 Å². The Labute approximate surface area is 128 Å². The molecule has 1 aromatic carbocycles. The van der Waals surface area contributed by atoms with Gasteiger partial charge >= 0.3 is 0 Å². The van der Waals surface area contributed by atoms with Gasteiger partial charge < -0.3 is 15.5 Å². The molecule has 4 heteroatoms. The fourth-order valence-corrected chi connectivity index (χ4v) is 2.26. The number of para-hydroxylation sites is 1. The molecular weight excluding hydrogens is 262 g/mol. The van der Waals surface area contributed by atoms with Gasteiger partial charge in [-0.2, -0.15) is 0 Å². The molecule has 0 spiro atoms. The number of nitrogens with one attached hydrogen (secondary N) is 2. The molecule has 0 aliphatic rings. The SMILES string of the molecule is CCNC(=O)CN(CC)c1ccccc1CNCC(C)C. The number of nitrogens with zero attached hydrogens (tertiary/aromatic N) is 1. The number of carbonyl (C=O) groups is 1. The molecule has 0 aliphatic heterocycles. The van der Waals surface area contributed by atoms with Gasteiger partial charge in [0.05, 0.1) is 6.54 Å². The average molecular weight is 291 g/mol. The predicted molar refractivity (Wildman–Crippen MR) is 89.6 cm³/mol. The first-order valence-corrected chi connectivity index (χ1v) is 7.88. The van der Waals surface area contributed by atoms with E-state index in [1.165, 1.54) is 5.56 Å². The van der Waals surface area contributed by atoms with E-state index in [9.17, 15) is 4.79 Å². The Hall–Kier alpha value is -1.55. The normalized spacial score (nSPS) is 10.7. The highest BCUT2D eigenvalue weighted by Gasteiger charge is 2.12. The Bertz CT molecular complexity index is 432. The van der Waals surface area contributed by atoms with E-state index in [0.29, 0.717) is 19.0 Å². The van der Waals surface area contributed by atoms with Gasteiger partial charge in [-0.05, 0) is 37.9 Å². The van der Waals surface area contributed by atoms with Crippen molar-refractivity contribution in [1.82, 2.24) is 10.6 Å².